The zero-order chi connectivity index (χ0) is 19.0. The summed E-state index contributed by atoms with van der Waals surface area (Å²) in [5.74, 6) is -1.62. The Bertz CT molecular complexity index is 700. The molecule has 1 aromatic heterocycles. The largest absolute Gasteiger partial charge is 0.476 e. The van der Waals surface area contributed by atoms with Crippen molar-refractivity contribution in [1.82, 2.24) is 10.3 Å². The average Bonchev–Trinajstić information content (AvgIpc) is 3.44. The molecule has 2 aliphatic carbocycles. The van der Waals surface area contributed by atoms with E-state index in [0.29, 0.717) is 30.0 Å². The van der Waals surface area contributed by atoms with Crippen LogP contribution >= 0.6 is 0 Å². The van der Waals surface area contributed by atoms with Gasteiger partial charge in [-0.1, -0.05) is 19.8 Å². The molecule has 1 aromatic rings. The van der Waals surface area contributed by atoms with Gasteiger partial charge in [-0.15, -0.1) is 0 Å². The van der Waals surface area contributed by atoms with Gasteiger partial charge in [-0.2, -0.15) is 0 Å². The molecule has 2 heterocycles. The minimum atomic E-state index is -2.67. The number of aromatic nitrogens is 1. The van der Waals surface area contributed by atoms with Crippen LogP contribution in [0.15, 0.2) is 12.1 Å². The van der Waals surface area contributed by atoms with Gasteiger partial charge in [-0.25, -0.2) is 13.8 Å². The first-order valence-corrected chi connectivity index (χ1v) is 9.99. The fourth-order valence-corrected chi connectivity index (χ4v) is 3.84. The fourth-order valence-electron chi connectivity index (χ4n) is 3.84. The van der Waals surface area contributed by atoms with Gasteiger partial charge in [0.25, 0.3) is 11.8 Å². The number of halogens is 2. The number of carbonyl (C=O) groups excluding carboxylic acids is 1. The maximum atomic E-state index is 13.3. The highest BCUT2D eigenvalue weighted by Crippen LogP contribution is 2.38. The molecule has 0 radical (unpaired) electrons. The maximum Gasteiger partial charge on any atom is 0.282 e. The van der Waals surface area contributed by atoms with Gasteiger partial charge >= 0.3 is 0 Å². The van der Waals surface area contributed by atoms with Crippen molar-refractivity contribution < 1.29 is 18.3 Å². The van der Waals surface area contributed by atoms with Crippen LogP contribution in [0.25, 0.3) is 0 Å². The van der Waals surface area contributed by atoms with Crippen molar-refractivity contribution in [3.63, 3.8) is 0 Å². The number of carbonyl (C=O) groups is 1. The molecule has 0 bridgehead atoms. The third kappa shape index (κ3) is 4.33. The van der Waals surface area contributed by atoms with Crippen LogP contribution in [0.1, 0.15) is 55.9 Å². The molecule has 1 amide bonds. The number of hydrogen-bond acceptors (Lipinski definition) is 4. The Morgan fingerprint density at radius 3 is 2.67 bits per heavy atom. The van der Waals surface area contributed by atoms with E-state index >= 15 is 0 Å². The summed E-state index contributed by atoms with van der Waals surface area (Å²) in [6.45, 7) is 2.02. The van der Waals surface area contributed by atoms with Crippen molar-refractivity contribution in [2.45, 2.75) is 57.4 Å². The highest BCUT2D eigenvalue weighted by Gasteiger charge is 2.45. The van der Waals surface area contributed by atoms with E-state index in [2.05, 4.69) is 17.2 Å². The molecule has 2 unspecified atom stereocenters. The second-order valence-corrected chi connectivity index (χ2v) is 8.33. The molecule has 5 nitrogen and oxygen atoms in total. The Labute approximate surface area is 158 Å². The zero-order valence-electron chi connectivity index (χ0n) is 15.7. The summed E-state index contributed by atoms with van der Waals surface area (Å²) in [6, 6.07) is 3.46. The predicted octanol–water partition coefficient (Wildman–Crippen LogP) is 3.63. The van der Waals surface area contributed by atoms with Crippen molar-refractivity contribution in [2.75, 3.05) is 24.6 Å². The van der Waals surface area contributed by atoms with Gasteiger partial charge in [0, 0.05) is 6.04 Å². The molecule has 3 fully saturated rings. The summed E-state index contributed by atoms with van der Waals surface area (Å²) in [6.07, 6.45) is 6.68. The number of amides is 1. The molecular formula is C20H27F2N3O2. The Morgan fingerprint density at radius 1 is 1.26 bits per heavy atom. The van der Waals surface area contributed by atoms with Crippen LogP contribution in [0.4, 0.5) is 14.5 Å². The van der Waals surface area contributed by atoms with Crippen LogP contribution < -0.4 is 15.0 Å². The van der Waals surface area contributed by atoms with E-state index < -0.39 is 5.92 Å². The smallest absolute Gasteiger partial charge is 0.282 e. The first kappa shape index (κ1) is 18.4. The molecular weight excluding hydrogens is 352 g/mol. The fraction of sp³-hybridized carbons (Fsp3) is 0.700. The van der Waals surface area contributed by atoms with Crippen LogP contribution in [-0.2, 0) is 0 Å². The van der Waals surface area contributed by atoms with Gasteiger partial charge in [-0.05, 0) is 49.7 Å². The van der Waals surface area contributed by atoms with Gasteiger partial charge in [0.05, 0.1) is 19.7 Å². The van der Waals surface area contributed by atoms with Crippen LogP contribution in [0.5, 0.6) is 5.88 Å². The average molecular weight is 379 g/mol. The third-order valence-electron chi connectivity index (χ3n) is 5.84. The summed E-state index contributed by atoms with van der Waals surface area (Å²) in [5.41, 5.74) is 0.832. The van der Waals surface area contributed by atoms with Crippen LogP contribution in [-0.4, -0.2) is 42.6 Å². The van der Waals surface area contributed by atoms with E-state index in [1.807, 2.05) is 0 Å². The van der Waals surface area contributed by atoms with E-state index in [9.17, 15) is 13.6 Å². The number of pyridine rings is 1. The summed E-state index contributed by atoms with van der Waals surface area (Å²) >= 11 is 0. The quantitative estimate of drug-likeness (QED) is 0.820. The molecule has 1 saturated heterocycles. The Kier molecular flexibility index (Phi) is 4.95. The molecule has 1 aliphatic heterocycles. The molecule has 3 aliphatic rings. The lowest BCUT2D eigenvalue weighted by Gasteiger charge is -2.40. The molecule has 2 saturated carbocycles. The minimum absolute atomic E-state index is 0.164. The second-order valence-electron chi connectivity index (χ2n) is 8.33. The van der Waals surface area contributed by atoms with Crippen molar-refractivity contribution in [1.29, 1.82) is 0 Å². The van der Waals surface area contributed by atoms with E-state index in [0.717, 1.165) is 32.1 Å². The summed E-state index contributed by atoms with van der Waals surface area (Å²) in [7, 11) is 0. The van der Waals surface area contributed by atoms with Crippen molar-refractivity contribution in [3.8, 4) is 5.88 Å². The summed E-state index contributed by atoms with van der Waals surface area (Å²) in [5, 5.41) is 3.09. The Hall–Kier alpha value is -1.92. The second kappa shape index (κ2) is 7.24. The summed E-state index contributed by atoms with van der Waals surface area (Å²) in [4.78, 5) is 18.6. The number of nitrogens with one attached hydrogen (secondary N) is 1. The molecule has 148 valence electrons. The molecule has 27 heavy (non-hydrogen) atoms. The highest BCUT2D eigenvalue weighted by molar-refractivity contribution is 5.93. The van der Waals surface area contributed by atoms with Gasteiger partial charge in [0.2, 0.25) is 5.88 Å². The lowest BCUT2D eigenvalue weighted by atomic mass is 9.86. The SMILES string of the molecule is CC1CCCCC1NC(=O)c1ccc(N2CC(F)(F)C2)c(OCC2CC2)n1. The van der Waals surface area contributed by atoms with Gasteiger partial charge < -0.3 is 15.0 Å². The van der Waals surface area contributed by atoms with E-state index in [4.69, 9.17) is 4.74 Å². The topological polar surface area (TPSA) is 54.5 Å². The van der Waals surface area contributed by atoms with Gasteiger partial charge in [0.15, 0.2) is 0 Å². The number of nitrogens with zero attached hydrogens (tertiary/aromatic N) is 2. The maximum absolute atomic E-state index is 13.3. The lowest BCUT2D eigenvalue weighted by Crippen LogP contribution is -2.56. The summed E-state index contributed by atoms with van der Waals surface area (Å²) < 4.78 is 32.3. The molecule has 0 spiro atoms. The number of hydrogen-bond donors (Lipinski definition) is 1. The normalized spacial score (nSPS) is 27.0. The number of alkyl halides is 2. The predicted molar refractivity (Wildman–Crippen MR) is 98.5 cm³/mol. The number of ether oxygens (including phenoxy) is 1. The van der Waals surface area contributed by atoms with Gasteiger partial charge in [-0.3, -0.25) is 4.79 Å². The van der Waals surface area contributed by atoms with E-state index in [1.165, 1.54) is 6.42 Å². The number of rotatable bonds is 6. The van der Waals surface area contributed by atoms with Crippen LogP contribution in [0, 0.1) is 11.8 Å². The minimum Gasteiger partial charge on any atom is -0.476 e. The molecule has 7 heteroatoms. The van der Waals surface area contributed by atoms with Crippen molar-refractivity contribution in [2.24, 2.45) is 11.8 Å². The van der Waals surface area contributed by atoms with Crippen molar-refractivity contribution in [3.05, 3.63) is 17.8 Å². The lowest BCUT2D eigenvalue weighted by molar-refractivity contribution is -0.0265. The standard InChI is InChI=1S/C20H27F2N3O2/c1-13-4-2-3-5-15(13)23-18(26)16-8-9-17(25-11-20(21,22)12-25)19(24-16)27-10-14-6-7-14/h8-9,13-15H,2-7,10-12H2,1H3,(H,23,26). The van der Waals surface area contributed by atoms with Gasteiger partial charge in [0.1, 0.15) is 11.4 Å². The Balaban J connectivity index is 1.48. The zero-order valence-corrected chi connectivity index (χ0v) is 15.7. The van der Waals surface area contributed by atoms with Crippen LogP contribution in [0.3, 0.4) is 0 Å². The first-order valence-electron chi connectivity index (χ1n) is 9.99. The molecule has 0 aromatic carbocycles. The highest BCUT2D eigenvalue weighted by atomic mass is 19.3. The van der Waals surface area contributed by atoms with Crippen LogP contribution in [0.2, 0.25) is 0 Å². The molecule has 1 N–H and O–H groups in total. The third-order valence-corrected chi connectivity index (χ3v) is 5.84. The Morgan fingerprint density at radius 2 is 2.00 bits per heavy atom. The molecule has 2 atom stereocenters. The van der Waals surface area contributed by atoms with E-state index in [1.54, 1.807) is 17.0 Å². The molecule has 4 rings (SSSR count). The first-order chi connectivity index (χ1) is 12.9. The van der Waals surface area contributed by atoms with E-state index in [-0.39, 0.29) is 30.7 Å². The number of anilines is 1. The monoisotopic (exact) mass is 379 g/mol. The van der Waals surface area contributed by atoms with Crippen molar-refractivity contribution >= 4 is 11.6 Å².